The van der Waals surface area contributed by atoms with Gasteiger partial charge in [-0.25, -0.2) is 0 Å². The lowest BCUT2D eigenvalue weighted by molar-refractivity contribution is -0.107. The first kappa shape index (κ1) is 20.7. The zero-order chi connectivity index (χ0) is 12.6. The molecule has 0 aliphatic rings. The molecule has 0 unspecified atom stereocenters. The van der Waals surface area contributed by atoms with Crippen LogP contribution in [0.3, 0.4) is 0 Å². The van der Waals surface area contributed by atoms with Gasteiger partial charge in [-0.2, -0.15) is 0 Å². The maximum absolute atomic E-state index is 10.1. The van der Waals surface area contributed by atoms with E-state index in [0.29, 0.717) is 0 Å². The molecule has 18 heavy (non-hydrogen) atoms. The molecule has 0 N–H and O–H groups in total. The first-order valence-corrected chi connectivity index (χ1v) is 7.85. The van der Waals surface area contributed by atoms with Crippen LogP contribution in [0, 0.1) is 0 Å². The molecule has 2 heteroatoms. The highest BCUT2D eigenvalue weighted by molar-refractivity contribution is 5.75. The van der Waals surface area contributed by atoms with Gasteiger partial charge >= 0.3 is 23.1 Å². The highest BCUT2D eigenvalue weighted by Crippen LogP contribution is 2.12. The molecule has 0 aliphatic carbocycles. The minimum absolute atomic E-state index is 0. The molecule has 1 nitrogen and oxygen atoms in total. The molecular formula is C16H34MgO. The van der Waals surface area contributed by atoms with Gasteiger partial charge in [0.1, 0.15) is 6.29 Å². The van der Waals surface area contributed by atoms with Crippen molar-refractivity contribution in [3.8, 4) is 0 Å². The van der Waals surface area contributed by atoms with Crippen molar-refractivity contribution in [2.24, 2.45) is 0 Å². The molecule has 0 amide bonds. The largest absolute Gasteiger partial charge is 0.316 e. The van der Waals surface area contributed by atoms with Crippen molar-refractivity contribution in [1.82, 2.24) is 0 Å². The smallest absolute Gasteiger partial charge is 0.303 e. The summed E-state index contributed by atoms with van der Waals surface area (Å²) in [5, 5.41) is 0. The Morgan fingerprint density at radius 1 is 0.611 bits per heavy atom. The Morgan fingerprint density at radius 3 is 1.28 bits per heavy atom. The van der Waals surface area contributed by atoms with Gasteiger partial charge in [-0.3, -0.25) is 0 Å². The molecule has 0 saturated carbocycles. The first-order chi connectivity index (χ1) is 8.41. The minimum Gasteiger partial charge on any atom is -0.303 e. The summed E-state index contributed by atoms with van der Waals surface area (Å²) in [5.41, 5.74) is 0. The minimum atomic E-state index is 0. The molecular weight excluding hydrogens is 232 g/mol. The molecule has 0 heterocycles. The van der Waals surface area contributed by atoms with Crippen LogP contribution in [0.1, 0.15) is 96.8 Å². The molecule has 0 aromatic rings. The summed E-state index contributed by atoms with van der Waals surface area (Å²) in [7, 11) is 0. The van der Waals surface area contributed by atoms with Crippen LogP contribution in [-0.4, -0.2) is 29.3 Å². The number of carbonyl (C=O) groups excluding carboxylic acids is 1. The van der Waals surface area contributed by atoms with E-state index in [1.54, 1.807) is 0 Å². The predicted molar refractivity (Wildman–Crippen MR) is 84.9 cm³/mol. The van der Waals surface area contributed by atoms with E-state index in [-0.39, 0.29) is 23.1 Å². The second kappa shape index (κ2) is 19.8. The molecule has 0 radical (unpaired) electrons. The molecule has 0 bridgehead atoms. The summed E-state index contributed by atoms with van der Waals surface area (Å²) in [4.78, 5) is 10.1. The van der Waals surface area contributed by atoms with Crippen LogP contribution >= 0.6 is 0 Å². The van der Waals surface area contributed by atoms with E-state index in [1.165, 1.54) is 77.0 Å². The number of hydrogen-bond acceptors (Lipinski definition) is 1. The Balaban J connectivity index is 0. The van der Waals surface area contributed by atoms with Crippen molar-refractivity contribution < 1.29 is 4.79 Å². The van der Waals surface area contributed by atoms with Gasteiger partial charge in [0.2, 0.25) is 0 Å². The SMILES string of the molecule is CCCCCCCCCCCCCCCC=O.[MgH2]. The lowest BCUT2D eigenvalue weighted by atomic mass is 10.0. The van der Waals surface area contributed by atoms with Crippen molar-refractivity contribution in [3.63, 3.8) is 0 Å². The number of rotatable bonds is 14. The fourth-order valence-corrected chi connectivity index (χ4v) is 2.25. The van der Waals surface area contributed by atoms with Gasteiger partial charge in [0, 0.05) is 6.42 Å². The van der Waals surface area contributed by atoms with Crippen molar-refractivity contribution in [3.05, 3.63) is 0 Å². The summed E-state index contributed by atoms with van der Waals surface area (Å²) in [6.07, 6.45) is 19.6. The number of carbonyl (C=O) groups is 1. The lowest BCUT2D eigenvalue weighted by Crippen LogP contribution is -1.83. The van der Waals surface area contributed by atoms with Crippen LogP contribution in [-0.2, 0) is 4.79 Å². The van der Waals surface area contributed by atoms with Crippen molar-refractivity contribution in [2.75, 3.05) is 0 Å². The summed E-state index contributed by atoms with van der Waals surface area (Å²) >= 11 is 0. The quantitative estimate of drug-likeness (QED) is 0.252. The molecule has 0 rings (SSSR count). The van der Waals surface area contributed by atoms with Gasteiger partial charge in [-0.15, -0.1) is 0 Å². The Bertz CT molecular complexity index is 148. The third-order valence-corrected chi connectivity index (χ3v) is 3.43. The van der Waals surface area contributed by atoms with Gasteiger partial charge in [-0.05, 0) is 6.42 Å². The monoisotopic (exact) mass is 266 g/mol. The average molecular weight is 267 g/mol. The van der Waals surface area contributed by atoms with Gasteiger partial charge in [0.25, 0.3) is 0 Å². The molecule has 0 aromatic carbocycles. The van der Waals surface area contributed by atoms with Crippen LogP contribution in [0.25, 0.3) is 0 Å². The summed E-state index contributed by atoms with van der Waals surface area (Å²) in [6, 6.07) is 0. The maximum atomic E-state index is 10.1. The molecule has 0 saturated heterocycles. The van der Waals surface area contributed by atoms with Crippen molar-refractivity contribution in [2.45, 2.75) is 96.8 Å². The van der Waals surface area contributed by atoms with E-state index in [4.69, 9.17) is 0 Å². The second-order valence-electron chi connectivity index (χ2n) is 5.20. The van der Waals surface area contributed by atoms with Crippen LogP contribution < -0.4 is 0 Å². The van der Waals surface area contributed by atoms with Gasteiger partial charge in [0.15, 0.2) is 0 Å². The zero-order valence-corrected chi connectivity index (χ0v) is 11.9. The van der Waals surface area contributed by atoms with E-state index in [0.717, 1.165) is 19.1 Å². The fraction of sp³-hybridized carbons (Fsp3) is 0.938. The topological polar surface area (TPSA) is 17.1 Å². The Labute approximate surface area is 131 Å². The van der Waals surface area contributed by atoms with Crippen LogP contribution in [0.4, 0.5) is 0 Å². The number of aldehydes is 1. The number of hydrogen-bond donors (Lipinski definition) is 0. The van der Waals surface area contributed by atoms with E-state index in [9.17, 15) is 4.79 Å². The van der Waals surface area contributed by atoms with Crippen LogP contribution in [0.5, 0.6) is 0 Å². The third-order valence-electron chi connectivity index (χ3n) is 3.43. The van der Waals surface area contributed by atoms with Crippen molar-refractivity contribution >= 4 is 29.3 Å². The van der Waals surface area contributed by atoms with E-state index in [2.05, 4.69) is 6.92 Å². The highest BCUT2D eigenvalue weighted by atomic mass is 24.3. The van der Waals surface area contributed by atoms with E-state index in [1.807, 2.05) is 0 Å². The van der Waals surface area contributed by atoms with Gasteiger partial charge < -0.3 is 4.79 Å². The normalized spacial score (nSPS) is 10.1. The first-order valence-electron chi connectivity index (χ1n) is 7.85. The third kappa shape index (κ3) is 18.8. The Morgan fingerprint density at radius 2 is 0.944 bits per heavy atom. The summed E-state index contributed by atoms with van der Waals surface area (Å²) in [6.45, 7) is 2.27. The van der Waals surface area contributed by atoms with Gasteiger partial charge in [0.05, 0.1) is 0 Å². The van der Waals surface area contributed by atoms with Gasteiger partial charge in [-0.1, -0.05) is 84.0 Å². The fourth-order valence-electron chi connectivity index (χ4n) is 2.25. The Hall–Kier alpha value is 0.436. The molecule has 0 aliphatic heterocycles. The highest BCUT2D eigenvalue weighted by Gasteiger charge is 1.93. The maximum Gasteiger partial charge on any atom is 0.316 e. The molecule has 0 spiro atoms. The summed E-state index contributed by atoms with van der Waals surface area (Å²) in [5.74, 6) is 0. The molecule has 106 valence electrons. The molecule has 0 atom stereocenters. The van der Waals surface area contributed by atoms with Crippen LogP contribution in [0.2, 0.25) is 0 Å². The molecule has 0 fully saturated rings. The predicted octanol–water partition coefficient (Wildman–Crippen LogP) is 4.75. The second-order valence-corrected chi connectivity index (χ2v) is 5.20. The van der Waals surface area contributed by atoms with Crippen molar-refractivity contribution in [1.29, 1.82) is 0 Å². The van der Waals surface area contributed by atoms with E-state index >= 15 is 0 Å². The number of unbranched alkanes of at least 4 members (excludes halogenated alkanes) is 13. The van der Waals surface area contributed by atoms with Crippen LogP contribution in [0.15, 0.2) is 0 Å². The standard InChI is InChI=1S/C16H32O.Mg.2H/c1-2-3-4-5-6-7-8-9-10-11-12-13-14-15-16-17;;;/h16H,2-15H2,1H3;;;. The molecule has 0 aromatic heterocycles. The zero-order valence-electron chi connectivity index (χ0n) is 11.9. The lowest BCUT2D eigenvalue weighted by Gasteiger charge is -2.02. The Kier molecular flexibility index (Phi) is 22.8. The average Bonchev–Trinajstić information content (AvgIpc) is 2.35. The summed E-state index contributed by atoms with van der Waals surface area (Å²) < 4.78 is 0. The van der Waals surface area contributed by atoms with E-state index < -0.39 is 0 Å².